The molecule has 0 atom stereocenters. The molecule has 0 aromatic heterocycles. The average Bonchev–Trinajstić information content (AvgIpc) is 2.55. The van der Waals surface area contributed by atoms with Gasteiger partial charge in [0.1, 0.15) is 0 Å². The Morgan fingerprint density at radius 1 is 1.00 bits per heavy atom. The molecule has 0 heterocycles. The third-order valence-electron chi connectivity index (χ3n) is 2.83. The minimum Gasteiger partial charge on any atom is -0.304 e. The van der Waals surface area contributed by atoms with Crippen molar-refractivity contribution in [3.63, 3.8) is 0 Å². The van der Waals surface area contributed by atoms with Gasteiger partial charge in [0.05, 0.1) is 10.6 Å². The van der Waals surface area contributed by atoms with Gasteiger partial charge in [-0.1, -0.05) is 18.2 Å². The van der Waals surface area contributed by atoms with Crippen molar-refractivity contribution in [2.24, 2.45) is 5.14 Å². The van der Waals surface area contributed by atoms with Crippen molar-refractivity contribution in [1.82, 2.24) is 16.3 Å². The summed E-state index contributed by atoms with van der Waals surface area (Å²) in [5.74, 6) is -0.340. The maximum absolute atomic E-state index is 11.9. The number of amides is 1. The Morgan fingerprint density at radius 3 is 2.21 bits per heavy atom. The zero-order valence-corrected chi connectivity index (χ0v) is 13.9. The third-order valence-corrected chi connectivity index (χ3v) is 3.96. The molecule has 0 unspecified atom stereocenters. The molecule has 126 valence electrons. The molecule has 0 saturated carbocycles. The first-order valence-electron chi connectivity index (χ1n) is 6.66. The predicted octanol–water partition coefficient (Wildman–Crippen LogP) is 0.470. The topological polar surface area (TPSA) is 125 Å². The van der Waals surface area contributed by atoms with E-state index in [2.05, 4.69) is 21.7 Å². The molecule has 0 aliphatic heterocycles. The second-order valence-corrected chi connectivity index (χ2v) is 6.56. The zero-order chi connectivity index (χ0) is 17.6. The van der Waals surface area contributed by atoms with Crippen molar-refractivity contribution in [1.29, 1.82) is 0 Å². The molecule has 2 aromatic carbocycles. The van der Waals surface area contributed by atoms with Crippen LogP contribution in [-0.2, 0) is 10.0 Å². The lowest BCUT2D eigenvalue weighted by Gasteiger charge is -2.12. The maximum Gasteiger partial charge on any atom is 0.257 e. The minimum absolute atomic E-state index is 0.00616. The number of carbonyl (C=O) groups excluding carboxylic acids is 1. The molecule has 6 N–H and O–H groups in total. The number of hydrogen-bond acceptors (Lipinski definition) is 6. The number of nitrogens with one attached hydrogen (secondary N) is 4. The molecule has 0 aliphatic rings. The van der Waals surface area contributed by atoms with Gasteiger partial charge in [0.15, 0.2) is 5.11 Å². The summed E-state index contributed by atoms with van der Waals surface area (Å²) in [7, 11) is -3.73. The monoisotopic (exact) mass is 365 g/mol. The third kappa shape index (κ3) is 5.28. The van der Waals surface area contributed by atoms with Crippen molar-refractivity contribution in [2.75, 3.05) is 5.43 Å². The average molecular weight is 365 g/mol. The first kappa shape index (κ1) is 17.8. The smallest absolute Gasteiger partial charge is 0.257 e. The molecule has 1 amide bonds. The molecule has 0 spiro atoms. The number of carbonyl (C=O) groups is 1. The van der Waals surface area contributed by atoms with E-state index in [1.165, 1.54) is 24.3 Å². The number of sulfonamides is 1. The fourth-order valence-electron chi connectivity index (χ4n) is 1.68. The van der Waals surface area contributed by atoms with Gasteiger partial charge in [0, 0.05) is 5.56 Å². The van der Waals surface area contributed by atoms with Crippen LogP contribution in [0.25, 0.3) is 0 Å². The molecule has 0 bridgehead atoms. The van der Waals surface area contributed by atoms with Gasteiger partial charge in [-0.2, -0.15) is 0 Å². The summed E-state index contributed by atoms with van der Waals surface area (Å²) in [5, 5.41) is 7.57. The Balaban J connectivity index is 1.79. The number of benzene rings is 2. The molecule has 0 aliphatic carbocycles. The SMILES string of the molecule is NS(=O)(=O)c1ccc(NNNC(=S)NC(=O)c2ccccc2)cc1. The summed E-state index contributed by atoms with van der Waals surface area (Å²) in [4.78, 5) is 11.9. The fraction of sp³-hybridized carbons (Fsp3) is 0. The first-order chi connectivity index (χ1) is 11.4. The number of anilines is 1. The summed E-state index contributed by atoms with van der Waals surface area (Å²) in [6.07, 6.45) is 0. The van der Waals surface area contributed by atoms with E-state index in [0.29, 0.717) is 11.3 Å². The highest BCUT2D eigenvalue weighted by atomic mass is 32.2. The van der Waals surface area contributed by atoms with Gasteiger partial charge in [0.2, 0.25) is 10.0 Å². The van der Waals surface area contributed by atoms with Gasteiger partial charge in [-0.15, -0.1) is 5.53 Å². The van der Waals surface area contributed by atoms with E-state index in [-0.39, 0.29) is 15.9 Å². The van der Waals surface area contributed by atoms with Crippen molar-refractivity contribution < 1.29 is 13.2 Å². The number of nitrogens with two attached hydrogens (primary N) is 1. The van der Waals surface area contributed by atoms with Crippen molar-refractivity contribution in [3.8, 4) is 0 Å². The zero-order valence-electron chi connectivity index (χ0n) is 12.3. The molecular weight excluding hydrogens is 350 g/mol. The summed E-state index contributed by atoms with van der Waals surface area (Å²) < 4.78 is 22.3. The van der Waals surface area contributed by atoms with Crippen LogP contribution >= 0.6 is 12.2 Å². The first-order valence-corrected chi connectivity index (χ1v) is 8.62. The van der Waals surface area contributed by atoms with E-state index >= 15 is 0 Å². The summed E-state index contributed by atoms with van der Waals surface area (Å²) in [6, 6.07) is 14.4. The molecule has 8 nitrogen and oxygen atoms in total. The highest BCUT2D eigenvalue weighted by Gasteiger charge is 2.07. The van der Waals surface area contributed by atoms with E-state index in [1.54, 1.807) is 30.3 Å². The van der Waals surface area contributed by atoms with E-state index in [1.807, 2.05) is 0 Å². The largest absolute Gasteiger partial charge is 0.304 e. The molecular formula is C14H15N5O3S2. The summed E-state index contributed by atoms with van der Waals surface area (Å²) >= 11 is 4.97. The summed E-state index contributed by atoms with van der Waals surface area (Å²) in [6.45, 7) is 0. The quantitative estimate of drug-likeness (QED) is 0.385. The Kier molecular flexibility index (Phi) is 5.82. The molecule has 0 radical (unpaired) electrons. The van der Waals surface area contributed by atoms with Gasteiger partial charge in [-0.3, -0.25) is 15.5 Å². The highest BCUT2D eigenvalue weighted by molar-refractivity contribution is 7.89. The van der Waals surface area contributed by atoms with Crippen molar-refractivity contribution in [2.45, 2.75) is 4.90 Å². The van der Waals surface area contributed by atoms with Crippen molar-refractivity contribution >= 4 is 38.9 Å². The lowest BCUT2D eigenvalue weighted by Crippen LogP contribution is -2.48. The van der Waals surface area contributed by atoms with Crippen LogP contribution in [0.15, 0.2) is 59.5 Å². The van der Waals surface area contributed by atoms with Crippen LogP contribution in [0.2, 0.25) is 0 Å². The molecule has 10 heteroatoms. The molecule has 0 fully saturated rings. The second-order valence-electron chi connectivity index (χ2n) is 4.59. The lowest BCUT2D eigenvalue weighted by molar-refractivity contribution is 0.0976. The lowest BCUT2D eigenvalue weighted by atomic mass is 10.2. The van der Waals surface area contributed by atoms with Crippen molar-refractivity contribution in [3.05, 3.63) is 60.2 Å². The standard InChI is InChI=1S/C14H15N5O3S2/c15-24(21,22)12-8-6-11(7-9-12)17-19-18-14(23)16-13(20)10-4-2-1-3-5-10/h1-9,17,19H,(H2,15,21,22)(H2,16,18,20,23). The number of hydrazine groups is 2. The van der Waals surface area contributed by atoms with E-state index in [9.17, 15) is 13.2 Å². The molecule has 24 heavy (non-hydrogen) atoms. The second kappa shape index (κ2) is 7.84. The molecule has 0 saturated heterocycles. The van der Waals surface area contributed by atoms with Gasteiger partial charge in [-0.05, 0) is 48.6 Å². The Bertz CT molecular complexity index is 823. The Morgan fingerprint density at radius 2 is 1.62 bits per heavy atom. The number of hydrogen-bond donors (Lipinski definition) is 5. The summed E-state index contributed by atoms with van der Waals surface area (Å²) in [5.41, 5.74) is 8.93. The van der Waals surface area contributed by atoms with Crippen LogP contribution in [-0.4, -0.2) is 19.4 Å². The van der Waals surface area contributed by atoms with Gasteiger partial charge >= 0.3 is 0 Å². The van der Waals surface area contributed by atoms with Gasteiger partial charge in [0.25, 0.3) is 5.91 Å². The number of primary sulfonamides is 1. The Hall–Kier alpha value is -2.53. The molecule has 2 rings (SSSR count). The number of rotatable bonds is 5. The normalized spacial score (nSPS) is 10.7. The fourth-order valence-corrected chi connectivity index (χ4v) is 2.34. The minimum atomic E-state index is -3.73. The highest BCUT2D eigenvalue weighted by Crippen LogP contribution is 2.11. The van der Waals surface area contributed by atoms with Crippen LogP contribution in [0.3, 0.4) is 0 Å². The van der Waals surface area contributed by atoms with E-state index < -0.39 is 10.0 Å². The van der Waals surface area contributed by atoms with Crippen LogP contribution in [0.5, 0.6) is 0 Å². The predicted molar refractivity (Wildman–Crippen MR) is 94.2 cm³/mol. The van der Waals surface area contributed by atoms with E-state index in [0.717, 1.165) is 0 Å². The van der Waals surface area contributed by atoms with E-state index in [4.69, 9.17) is 17.4 Å². The van der Waals surface area contributed by atoms with Crippen LogP contribution in [0.1, 0.15) is 10.4 Å². The number of thiocarbonyl (C=S) groups is 1. The molecule has 2 aromatic rings. The van der Waals surface area contributed by atoms with Crippen LogP contribution in [0, 0.1) is 0 Å². The Labute approximate surface area is 144 Å². The maximum atomic E-state index is 11.9. The van der Waals surface area contributed by atoms with Crippen LogP contribution < -0.4 is 26.8 Å². The van der Waals surface area contributed by atoms with Gasteiger partial charge in [-0.25, -0.2) is 13.6 Å². The van der Waals surface area contributed by atoms with Crippen LogP contribution in [0.4, 0.5) is 5.69 Å². The van der Waals surface area contributed by atoms with Gasteiger partial charge < -0.3 is 5.43 Å².